The minimum Gasteiger partial charge on any atom is -0.410 e. The third kappa shape index (κ3) is 2.82. The Bertz CT molecular complexity index is 608. The quantitative estimate of drug-likeness (QED) is 0.886. The van der Waals surface area contributed by atoms with Gasteiger partial charge in [-0.05, 0) is 55.0 Å². The van der Waals surface area contributed by atoms with Gasteiger partial charge < -0.3 is 4.74 Å². The predicted molar refractivity (Wildman–Crippen MR) is 79.2 cm³/mol. The van der Waals surface area contributed by atoms with Crippen molar-refractivity contribution in [1.82, 2.24) is 0 Å². The number of hydrogen-bond donors (Lipinski definition) is 1. The molecule has 3 rings (SSSR count). The monoisotopic (exact) mass is 267 g/mol. The van der Waals surface area contributed by atoms with E-state index in [2.05, 4.69) is 11.4 Å². The third-order valence-electron chi connectivity index (χ3n) is 3.59. The van der Waals surface area contributed by atoms with Gasteiger partial charge in [-0.2, -0.15) is 0 Å². The van der Waals surface area contributed by atoms with Gasteiger partial charge in [-0.15, -0.1) is 0 Å². The minimum absolute atomic E-state index is 0.435. The molecule has 0 unspecified atom stereocenters. The van der Waals surface area contributed by atoms with Gasteiger partial charge in [-0.25, -0.2) is 4.79 Å². The summed E-state index contributed by atoms with van der Waals surface area (Å²) in [5.41, 5.74) is 3.47. The van der Waals surface area contributed by atoms with E-state index >= 15 is 0 Å². The van der Waals surface area contributed by atoms with Crippen LogP contribution in [0, 0.1) is 0 Å². The van der Waals surface area contributed by atoms with Crippen LogP contribution < -0.4 is 10.1 Å². The summed E-state index contributed by atoms with van der Waals surface area (Å²) in [5.74, 6) is 0.551. The lowest BCUT2D eigenvalue weighted by molar-refractivity contribution is 0.215. The van der Waals surface area contributed by atoms with Crippen molar-refractivity contribution in [3.63, 3.8) is 0 Å². The lowest BCUT2D eigenvalue weighted by Crippen LogP contribution is -2.19. The Morgan fingerprint density at radius 3 is 2.60 bits per heavy atom. The van der Waals surface area contributed by atoms with E-state index in [0.29, 0.717) is 5.75 Å². The molecule has 1 aliphatic carbocycles. The number of fused-ring (bicyclic) bond motifs is 1. The number of nitrogens with one attached hydrogen (secondary N) is 1. The zero-order chi connectivity index (χ0) is 13.8. The van der Waals surface area contributed by atoms with Crippen molar-refractivity contribution >= 4 is 11.8 Å². The number of carbonyl (C=O) groups is 1. The molecule has 0 saturated carbocycles. The standard InChI is InChI=1S/C17H17NO2/c19-17(20-14-9-2-1-3-10-14)18-16-12-6-8-13-7-4-5-11-15(13)16/h1-3,6,8-10,12H,4-5,7,11H2,(H,18,19). The van der Waals surface area contributed by atoms with Crippen LogP contribution in [-0.4, -0.2) is 6.09 Å². The summed E-state index contributed by atoms with van der Waals surface area (Å²) < 4.78 is 5.26. The molecule has 0 aromatic heterocycles. The highest BCUT2D eigenvalue weighted by atomic mass is 16.6. The van der Waals surface area contributed by atoms with Gasteiger partial charge in [0.05, 0.1) is 0 Å². The number of carbonyl (C=O) groups excluding carboxylic acids is 1. The Morgan fingerprint density at radius 2 is 1.75 bits per heavy atom. The molecular weight excluding hydrogens is 250 g/mol. The normalized spacial score (nSPS) is 13.4. The highest BCUT2D eigenvalue weighted by Crippen LogP contribution is 2.28. The molecule has 3 heteroatoms. The highest BCUT2D eigenvalue weighted by molar-refractivity contribution is 5.87. The average Bonchev–Trinajstić information content (AvgIpc) is 2.48. The summed E-state index contributed by atoms with van der Waals surface area (Å²) in [4.78, 5) is 11.9. The van der Waals surface area contributed by atoms with E-state index < -0.39 is 6.09 Å². The largest absolute Gasteiger partial charge is 0.417 e. The van der Waals surface area contributed by atoms with Crippen molar-refractivity contribution in [2.45, 2.75) is 25.7 Å². The summed E-state index contributed by atoms with van der Waals surface area (Å²) in [6.45, 7) is 0. The molecule has 1 N–H and O–H groups in total. The molecule has 0 atom stereocenters. The first-order valence-electron chi connectivity index (χ1n) is 6.97. The van der Waals surface area contributed by atoms with E-state index in [-0.39, 0.29) is 0 Å². The number of hydrogen-bond acceptors (Lipinski definition) is 2. The van der Waals surface area contributed by atoms with Crippen LogP contribution in [-0.2, 0) is 12.8 Å². The van der Waals surface area contributed by atoms with Crippen molar-refractivity contribution in [2.24, 2.45) is 0 Å². The van der Waals surface area contributed by atoms with E-state index in [1.54, 1.807) is 12.1 Å². The minimum atomic E-state index is -0.435. The first-order valence-corrected chi connectivity index (χ1v) is 6.97. The number of aryl methyl sites for hydroxylation is 1. The van der Waals surface area contributed by atoms with Crippen molar-refractivity contribution in [2.75, 3.05) is 5.32 Å². The maximum absolute atomic E-state index is 11.9. The molecule has 0 spiro atoms. The maximum Gasteiger partial charge on any atom is 0.417 e. The Hall–Kier alpha value is -2.29. The Balaban J connectivity index is 1.73. The van der Waals surface area contributed by atoms with Crippen LogP contribution in [0.4, 0.5) is 10.5 Å². The van der Waals surface area contributed by atoms with Crippen LogP contribution in [0.2, 0.25) is 0 Å². The van der Waals surface area contributed by atoms with E-state index in [1.165, 1.54) is 24.0 Å². The van der Waals surface area contributed by atoms with Gasteiger partial charge >= 0.3 is 6.09 Å². The molecule has 1 aliphatic rings. The predicted octanol–water partition coefficient (Wildman–Crippen LogP) is 4.18. The summed E-state index contributed by atoms with van der Waals surface area (Å²) >= 11 is 0. The fourth-order valence-corrected chi connectivity index (χ4v) is 2.63. The molecular formula is C17H17NO2. The molecule has 0 aliphatic heterocycles. The zero-order valence-electron chi connectivity index (χ0n) is 11.3. The van der Waals surface area contributed by atoms with E-state index in [9.17, 15) is 4.79 Å². The molecule has 0 radical (unpaired) electrons. The number of anilines is 1. The molecule has 20 heavy (non-hydrogen) atoms. The van der Waals surface area contributed by atoms with Crippen molar-refractivity contribution in [1.29, 1.82) is 0 Å². The zero-order valence-corrected chi connectivity index (χ0v) is 11.3. The first-order chi connectivity index (χ1) is 9.83. The van der Waals surface area contributed by atoms with Crippen LogP contribution >= 0.6 is 0 Å². The Kier molecular flexibility index (Phi) is 3.68. The van der Waals surface area contributed by atoms with Crippen LogP contribution in [0.3, 0.4) is 0 Å². The van der Waals surface area contributed by atoms with Gasteiger partial charge in [0, 0.05) is 5.69 Å². The number of ether oxygens (including phenoxy) is 1. The average molecular weight is 267 g/mol. The summed E-state index contributed by atoms with van der Waals surface area (Å²) in [6.07, 6.45) is 4.09. The van der Waals surface area contributed by atoms with Crippen LogP contribution in [0.15, 0.2) is 48.5 Å². The smallest absolute Gasteiger partial charge is 0.410 e. The Labute approximate surface area is 118 Å². The topological polar surface area (TPSA) is 38.3 Å². The molecule has 102 valence electrons. The molecule has 0 saturated heterocycles. The third-order valence-corrected chi connectivity index (χ3v) is 3.59. The molecule has 0 heterocycles. The van der Waals surface area contributed by atoms with Crippen LogP contribution in [0.5, 0.6) is 5.75 Å². The molecule has 3 nitrogen and oxygen atoms in total. The lowest BCUT2D eigenvalue weighted by Gasteiger charge is -2.19. The number of para-hydroxylation sites is 1. The van der Waals surface area contributed by atoms with Gasteiger partial charge in [0.15, 0.2) is 0 Å². The maximum atomic E-state index is 11.9. The second kappa shape index (κ2) is 5.78. The van der Waals surface area contributed by atoms with Crippen LogP contribution in [0.1, 0.15) is 24.0 Å². The fourth-order valence-electron chi connectivity index (χ4n) is 2.63. The van der Waals surface area contributed by atoms with E-state index in [1.807, 2.05) is 30.3 Å². The van der Waals surface area contributed by atoms with Crippen LogP contribution in [0.25, 0.3) is 0 Å². The van der Waals surface area contributed by atoms with Gasteiger partial charge in [-0.3, -0.25) is 5.32 Å². The summed E-state index contributed by atoms with van der Waals surface area (Å²) in [5, 5.41) is 2.86. The SMILES string of the molecule is O=C(Nc1cccc2c1CCCC2)Oc1ccccc1. The molecule has 1 amide bonds. The van der Waals surface area contributed by atoms with Gasteiger partial charge in [0.2, 0.25) is 0 Å². The number of amides is 1. The second-order valence-electron chi connectivity index (χ2n) is 4.98. The Morgan fingerprint density at radius 1 is 0.950 bits per heavy atom. The molecule has 0 bridgehead atoms. The fraction of sp³-hybridized carbons (Fsp3) is 0.235. The summed E-state index contributed by atoms with van der Waals surface area (Å²) in [7, 11) is 0. The molecule has 2 aromatic carbocycles. The number of rotatable bonds is 2. The van der Waals surface area contributed by atoms with Gasteiger partial charge in [0.1, 0.15) is 5.75 Å². The first kappa shape index (κ1) is 12.7. The summed E-state index contributed by atoms with van der Waals surface area (Å²) in [6, 6.07) is 15.2. The lowest BCUT2D eigenvalue weighted by atomic mass is 9.90. The van der Waals surface area contributed by atoms with Crippen molar-refractivity contribution in [3.8, 4) is 5.75 Å². The van der Waals surface area contributed by atoms with E-state index in [0.717, 1.165) is 18.5 Å². The van der Waals surface area contributed by atoms with Gasteiger partial charge in [0.25, 0.3) is 0 Å². The van der Waals surface area contributed by atoms with E-state index in [4.69, 9.17) is 4.74 Å². The molecule has 0 fully saturated rings. The molecule has 2 aromatic rings. The van der Waals surface area contributed by atoms with Crippen molar-refractivity contribution in [3.05, 3.63) is 59.7 Å². The second-order valence-corrected chi connectivity index (χ2v) is 4.98. The highest BCUT2D eigenvalue weighted by Gasteiger charge is 2.15. The van der Waals surface area contributed by atoms with Gasteiger partial charge in [-0.1, -0.05) is 30.3 Å². The van der Waals surface area contributed by atoms with Crippen molar-refractivity contribution < 1.29 is 9.53 Å². The number of benzene rings is 2.